The number of carbonyl (C=O) groups excluding carboxylic acids is 6. The van der Waals surface area contributed by atoms with E-state index in [2.05, 4.69) is 16.0 Å². The quantitative estimate of drug-likeness (QED) is 0.223. The molecule has 208 valence electrons. The number of amides is 5. The second-order valence-corrected chi connectivity index (χ2v) is 11.2. The first-order valence-corrected chi connectivity index (χ1v) is 12.9. The summed E-state index contributed by atoms with van der Waals surface area (Å²) in [5.74, 6) is -3.31. The van der Waals surface area contributed by atoms with Gasteiger partial charge in [-0.15, -0.1) is 0 Å². The molecule has 2 rings (SSSR count). The maximum Gasteiger partial charge on any atom is 0.325 e. The molecule has 0 radical (unpaired) electrons. The maximum atomic E-state index is 13.6. The van der Waals surface area contributed by atoms with Crippen molar-refractivity contribution in [3.8, 4) is 0 Å². The fraction of sp³-hybridized carbons (Fsp3) is 0.760. The van der Waals surface area contributed by atoms with Gasteiger partial charge in [-0.3, -0.25) is 24.0 Å². The molecule has 5 N–H and O–H groups in total. The third-order valence-electron chi connectivity index (χ3n) is 6.66. The highest BCUT2D eigenvalue weighted by Crippen LogP contribution is 2.31. The molecule has 1 heterocycles. The Bertz CT molecular complexity index is 894. The summed E-state index contributed by atoms with van der Waals surface area (Å²) in [7, 11) is 0. The Morgan fingerprint density at radius 1 is 1.00 bits per heavy atom. The molecule has 1 saturated heterocycles. The number of nitrogens with one attached hydrogen (secondary N) is 3. The van der Waals surface area contributed by atoms with Crippen molar-refractivity contribution in [3.05, 3.63) is 0 Å². The number of rotatable bonds is 11. The summed E-state index contributed by atoms with van der Waals surface area (Å²) in [5, 5.41) is 7.67. The van der Waals surface area contributed by atoms with Gasteiger partial charge < -0.3 is 31.3 Å². The minimum absolute atomic E-state index is 0.237. The number of esters is 1. The van der Waals surface area contributed by atoms with Crippen LogP contribution in [0.5, 0.6) is 0 Å². The molecule has 0 bridgehead atoms. The van der Waals surface area contributed by atoms with Gasteiger partial charge in [-0.2, -0.15) is 0 Å². The van der Waals surface area contributed by atoms with Gasteiger partial charge in [0, 0.05) is 6.54 Å². The first-order valence-electron chi connectivity index (χ1n) is 12.9. The molecular weight excluding hydrogens is 482 g/mol. The summed E-state index contributed by atoms with van der Waals surface area (Å²) in [6.45, 7) is 8.63. The molecular formula is C25H41N5O7. The summed E-state index contributed by atoms with van der Waals surface area (Å²) in [4.78, 5) is 76.2. The van der Waals surface area contributed by atoms with Crippen molar-refractivity contribution >= 4 is 35.5 Å². The Kier molecular flexibility index (Phi) is 10.4. The van der Waals surface area contributed by atoms with Crippen LogP contribution in [-0.2, 0) is 28.7 Å². The van der Waals surface area contributed by atoms with Gasteiger partial charge in [0.05, 0.1) is 12.1 Å². The van der Waals surface area contributed by atoms with Gasteiger partial charge in [0.2, 0.25) is 17.6 Å². The predicted molar refractivity (Wildman–Crippen MR) is 134 cm³/mol. The molecule has 2 aliphatic rings. The van der Waals surface area contributed by atoms with Crippen molar-refractivity contribution in [3.63, 3.8) is 0 Å². The van der Waals surface area contributed by atoms with Gasteiger partial charge >= 0.3 is 12.0 Å². The van der Waals surface area contributed by atoms with Gasteiger partial charge in [-0.1, -0.05) is 40.0 Å². The van der Waals surface area contributed by atoms with Crippen molar-refractivity contribution in [1.82, 2.24) is 20.9 Å². The highest BCUT2D eigenvalue weighted by Gasteiger charge is 2.43. The first kappa shape index (κ1) is 30.0. The van der Waals surface area contributed by atoms with Gasteiger partial charge in [0.25, 0.3) is 5.91 Å². The van der Waals surface area contributed by atoms with Crippen LogP contribution in [0.2, 0.25) is 0 Å². The fourth-order valence-electron chi connectivity index (χ4n) is 4.49. The number of ketones is 1. The van der Waals surface area contributed by atoms with Crippen molar-refractivity contribution < 1.29 is 33.5 Å². The molecule has 0 aromatic rings. The highest BCUT2D eigenvalue weighted by molar-refractivity contribution is 6.37. The monoisotopic (exact) mass is 523 g/mol. The molecule has 3 atom stereocenters. The van der Waals surface area contributed by atoms with Gasteiger partial charge in [-0.05, 0) is 44.4 Å². The number of nitrogens with two attached hydrogens (primary N) is 1. The number of hydrogen-bond donors (Lipinski definition) is 4. The second kappa shape index (κ2) is 12.9. The van der Waals surface area contributed by atoms with Crippen molar-refractivity contribution in [1.29, 1.82) is 0 Å². The maximum absolute atomic E-state index is 13.6. The summed E-state index contributed by atoms with van der Waals surface area (Å²) in [6, 6.07) is -3.60. The molecule has 12 heteroatoms. The Morgan fingerprint density at radius 3 is 2.16 bits per heavy atom. The van der Waals surface area contributed by atoms with Crippen LogP contribution in [0.4, 0.5) is 4.79 Å². The molecule has 12 nitrogen and oxygen atoms in total. The number of ether oxygens (including phenoxy) is 1. The summed E-state index contributed by atoms with van der Waals surface area (Å²) < 4.78 is 4.99. The Morgan fingerprint density at radius 2 is 1.65 bits per heavy atom. The minimum atomic E-state index is -1.11. The Hall–Kier alpha value is -3.18. The lowest BCUT2D eigenvalue weighted by Gasteiger charge is -2.36. The smallest absolute Gasteiger partial charge is 0.325 e. The largest absolute Gasteiger partial charge is 0.462 e. The van der Waals surface area contributed by atoms with E-state index in [-0.39, 0.29) is 18.6 Å². The zero-order valence-corrected chi connectivity index (χ0v) is 22.4. The molecule has 2 fully saturated rings. The number of primary amides is 1. The molecule has 1 saturated carbocycles. The zero-order valence-electron chi connectivity index (χ0n) is 22.4. The lowest BCUT2D eigenvalue weighted by molar-refractivity contribution is -0.146. The van der Waals surface area contributed by atoms with Crippen LogP contribution in [0.3, 0.4) is 0 Å². The average Bonchev–Trinajstić information content (AvgIpc) is 3.25. The van der Waals surface area contributed by atoms with E-state index < -0.39 is 59.0 Å². The van der Waals surface area contributed by atoms with Crippen molar-refractivity contribution in [2.24, 2.45) is 17.1 Å². The van der Waals surface area contributed by atoms with E-state index in [1.165, 1.54) is 4.90 Å². The number of hydrogen-bond acceptors (Lipinski definition) is 7. The van der Waals surface area contributed by atoms with Crippen LogP contribution in [0, 0.1) is 11.3 Å². The second-order valence-electron chi connectivity index (χ2n) is 11.2. The Balaban J connectivity index is 2.09. The average molecular weight is 524 g/mol. The van der Waals surface area contributed by atoms with Crippen LogP contribution in [-0.4, -0.2) is 77.7 Å². The number of nitrogens with zero attached hydrogens (tertiary/aromatic N) is 1. The standard InChI is InChI=1S/C25H41N5O7/c1-14(2)37-18(31)13-27-24(36)29-20(25(3,4)5)23(35)30-11-7-10-17(30)22(34)28-16(19(32)21(26)33)12-15-8-6-9-15/h14-17,20H,6-13H2,1-5H3,(H2,26,33)(H,28,34)(H2,27,29,36). The summed E-state index contributed by atoms with van der Waals surface area (Å²) in [5.41, 5.74) is 4.48. The summed E-state index contributed by atoms with van der Waals surface area (Å²) in [6.07, 6.45) is 3.82. The van der Waals surface area contributed by atoms with E-state index in [4.69, 9.17) is 10.5 Å². The van der Waals surface area contributed by atoms with Crippen molar-refractivity contribution in [2.45, 2.75) is 97.4 Å². The number of Topliss-reactive ketones (excluding diaryl/α,β-unsaturated/α-hetero) is 1. The molecule has 0 spiro atoms. The number of carbonyl (C=O) groups is 6. The zero-order chi connectivity index (χ0) is 27.9. The van der Waals surface area contributed by atoms with E-state index in [0.717, 1.165) is 19.3 Å². The van der Waals surface area contributed by atoms with Gasteiger partial charge in [0.1, 0.15) is 18.6 Å². The van der Waals surface area contributed by atoms with Crippen LogP contribution in [0.1, 0.15) is 73.1 Å². The van der Waals surface area contributed by atoms with Gasteiger partial charge in [0.15, 0.2) is 0 Å². The van der Waals surface area contributed by atoms with Crippen LogP contribution in [0.25, 0.3) is 0 Å². The van der Waals surface area contributed by atoms with Crippen LogP contribution >= 0.6 is 0 Å². The van der Waals surface area contributed by atoms with E-state index >= 15 is 0 Å². The molecule has 1 aliphatic heterocycles. The first-order chi connectivity index (χ1) is 17.2. The molecule has 3 unspecified atom stereocenters. The lowest BCUT2D eigenvalue weighted by atomic mass is 9.80. The molecule has 5 amide bonds. The number of likely N-dealkylation sites (tertiary alicyclic amines) is 1. The highest BCUT2D eigenvalue weighted by atomic mass is 16.5. The lowest BCUT2D eigenvalue weighted by Crippen LogP contribution is -2.60. The third-order valence-corrected chi connectivity index (χ3v) is 6.66. The molecule has 37 heavy (non-hydrogen) atoms. The van der Waals surface area contributed by atoms with Crippen molar-refractivity contribution in [2.75, 3.05) is 13.1 Å². The summed E-state index contributed by atoms with van der Waals surface area (Å²) >= 11 is 0. The molecule has 0 aromatic heterocycles. The Labute approximate surface area is 217 Å². The van der Waals surface area contributed by atoms with Crippen LogP contribution in [0.15, 0.2) is 0 Å². The van der Waals surface area contributed by atoms with E-state index in [1.807, 2.05) is 0 Å². The molecule has 1 aliphatic carbocycles. The van der Waals surface area contributed by atoms with E-state index in [1.54, 1.807) is 34.6 Å². The number of urea groups is 1. The third kappa shape index (κ3) is 8.71. The topological polar surface area (TPSA) is 177 Å². The normalized spacial score (nSPS) is 19.4. The minimum Gasteiger partial charge on any atom is -0.462 e. The van der Waals surface area contributed by atoms with Crippen LogP contribution < -0.4 is 21.7 Å². The van der Waals surface area contributed by atoms with E-state index in [0.29, 0.717) is 25.8 Å². The van der Waals surface area contributed by atoms with Gasteiger partial charge in [-0.25, -0.2) is 4.79 Å². The predicted octanol–water partition coefficient (Wildman–Crippen LogP) is 0.372. The molecule has 0 aromatic carbocycles. The van der Waals surface area contributed by atoms with E-state index in [9.17, 15) is 28.8 Å². The fourth-order valence-corrected chi connectivity index (χ4v) is 4.49. The SMILES string of the molecule is CC(C)OC(=O)CNC(=O)NC(C(=O)N1CCCC1C(=O)NC(CC1CCC1)C(=O)C(N)=O)C(C)(C)C.